The molecule has 1 saturated heterocycles. The molecule has 3 aliphatic rings. The maximum absolute atomic E-state index is 13.3. The second kappa shape index (κ2) is 6.37. The molecule has 30 heavy (non-hydrogen) atoms. The van der Waals surface area contributed by atoms with E-state index in [4.69, 9.17) is 4.98 Å². The van der Waals surface area contributed by atoms with Gasteiger partial charge in [-0.05, 0) is 60.7 Å². The number of hydrogen-bond donors (Lipinski definition) is 1. The molecule has 1 unspecified atom stereocenters. The Balaban J connectivity index is 1.37. The van der Waals surface area contributed by atoms with Gasteiger partial charge in [0.25, 0.3) is 0 Å². The highest BCUT2D eigenvalue weighted by atomic mass is 19.1. The minimum atomic E-state index is -0.264. The molecule has 3 aromatic rings. The Bertz CT molecular complexity index is 1130. The van der Waals surface area contributed by atoms with E-state index >= 15 is 0 Å². The average molecular weight is 400 g/mol. The number of carbonyl (C=O) groups excluding carboxylic acids is 1. The first-order valence-electron chi connectivity index (χ1n) is 10.3. The number of benzene rings is 2. The lowest BCUT2D eigenvalue weighted by molar-refractivity contribution is -0.121. The summed E-state index contributed by atoms with van der Waals surface area (Å²) in [5.41, 5.74) is 7.13. The predicted octanol–water partition coefficient (Wildman–Crippen LogP) is 4.64. The van der Waals surface area contributed by atoms with Gasteiger partial charge >= 0.3 is 0 Å². The van der Waals surface area contributed by atoms with Crippen LogP contribution in [-0.2, 0) is 11.3 Å². The topological polar surface area (TPSA) is 48.5 Å². The van der Waals surface area contributed by atoms with Crippen LogP contribution < -0.4 is 15.3 Å². The van der Waals surface area contributed by atoms with Crippen molar-refractivity contribution in [3.63, 3.8) is 0 Å². The number of hydrazine groups is 1. The van der Waals surface area contributed by atoms with E-state index in [2.05, 4.69) is 17.6 Å². The van der Waals surface area contributed by atoms with Gasteiger partial charge in [-0.25, -0.2) is 14.8 Å². The van der Waals surface area contributed by atoms with Gasteiger partial charge in [0.2, 0.25) is 5.91 Å². The Kier molecular flexibility index (Phi) is 3.74. The van der Waals surface area contributed by atoms with Crippen molar-refractivity contribution >= 4 is 23.1 Å². The molecule has 1 aliphatic carbocycles. The van der Waals surface area contributed by atoms with Crippen LogP contribution in [-0.4, -0.2) is 10.9 Å². The van der Waals surface area contributed by atoms with Crippen LogP contribution in [0.2, 0.25) is 0 Å². The van der Waals surface area contributed by atoms with E-state index in [0.29, 0.717) is 12.4 Å². The molecular formula is C24H21FN4O. The number of amides is 1. The smallest absolute Gasteiger partial charge is 0.235 e. The second-order valence-electron chi connectivity index (χ2n) is 8.40. The van der Waals surface area contributed by atoms with Crippen molar-refractivity contribution in [2.75, 3.05) is 9.91 Å². The maximum Gasteiger partial charge on any atom is 0.235 e. The molecule has 2 aromatic carbocycles. The van der Waals surface area contributed by atoms with Gasteiger partial charge in [-0.15, -0.1) is 0 Å². The number of halogens is 1. The van der Waals surface area contributed by atoms with Crippen LogP contribution in [0.15, 0.2) is 66.9 Å². The lowest BCUT2D eigenvalue weighted by Gasteiger charge is -2.25. The molecule has 0 bridgehead atoms. The maximum atomic E-state index is 13.3. The summed E-state index contributed by atoms with van der Waals surface area (Å²) in [5.74, 6) is 0.643. The lowest BCUT2D eigenvalue weighted by Crippen LogP contribution is -2.30. The van der Waals surface area contributed by atoms with Crippen LogP contribution >= 0.6 is 0 Å². The minimum Gasteiger partial charge on any atom is -0.289 e. The van der Waals surface area contributed by atoms with Crippen LogP contribution in [0.1, 0.15) is 36.4 Å². The van der Waals surface area contributed by atoms with Gasteiger partial charge in [0.05, 0.1) is 29.0 Å². The predicted molar refractivity (Wildman–Crippen MR) is 113 cm³/mol. The third-order valence-corrected chi connectivity index (χ3v) is 6.56. The van der Waals surface area contributed by atoms with Crippen LogP contribution in [0.5, 0.6) is 0 Å². The molecule has 1 aromatic heterocycles. The Labute approximate surface area is 174 Å². The summed E-state index contributed by atoms with van der Waals surface area (Å²) in [5, 5.41) is 1.91. The summed E-state index contributed by atoms with van der Waals surface area (Å²) < 4.78 is 13.3. The quantitative estimate of drug-likeness (QED) is 0.696. The SMILES string of the molecule is O=C1N(c2cc3c(cn2)N(c2ccc(F)cc2)NC3)C(c2ccccc2)CC12CC2. The van der Waals surface area contributed by atoms with Gasteiger partial charge in [-0.2, -0.15) is 0 Å². The fourth-order valence-electron chi connectivity index (χ4n) is 4.74. The summed E-state index contributed by atoms with van der Waals surface area (Å²) in [6.07, 6.45) is 4.60. The number of aromatic nitrogens is 1. The normalized spacial score (nSPS) is 21.4. The number of fused-ring (bicyclic) bond motifs is 1. The van der Waals surface area contributed by atoms with Gasteiger partial charge in [0, 0.05) is 6.54 Å². The summed E-state index contributed by atoms with van der Waals surface area (Å²) in [6.45, 7) is 0.630. The number of anilines is 3. The number of pyridine rings is 1. The molecule has 3 heterocycles. The number of hydrogen-bond acceptors (Lipinski definition) is 4. The summed E-state index contributed by atoms with van der Waals surface area (Å²) in [4.78, 5) is 19.9. The van der Waals surface area contributed by atoms with E-state index in [-0.39, 0.29) is 23.2 Å². The van der Waals surface area contributed by atoms with Gasteiger partial charge in [-0.1, -0.05) is 30.3 Å². The third-order valence-electron chi connectivity index (χ3n) is 6.56. The van der Waals surface area contributed by atoms with Gasteiger partial charge in [0.15, 0.2) is 0 Å². The van der Waals surface area contributed by atoms with Crippen molar-refractivity contribution in [1.29, 1.82) is 0 Å². The summed E-state index contributed by atoms with van der Waals surface area (Å²) >= 11 is 0. The molecule has 6 rings (SSSR count). The van der Waals surface area contributed by atoms with Crippen molar-refractivity contribution in [2.45, 2.75) is 31.8 Å². The molecule has 1 saturated carbocycles. The number of carbonyl (C=O) groups is 1. The van der Waals surface area contributed by atoms with E-state index in [1.54, 1.807) is 18.3 Å². The fourth-order valence-corrected chi connectivity index (χ4v) is 4.74. The van der Waals surface area contributed by atoms with Crippen molar-refractivity contribution in [1.82, 2.24) is 10.4 Å². The van der Waals surface area contributed by atoms with Gasteiger partial charge < -0.3 is 0 Å². The van der Waals surface area contributed by atoms with Crippen molar-refractivity contribution < 1.29 is 9.18 Å². The minimum absolute atomic E-state index is 0.0225. The number of nitrogens with one attached hydrogen (secondary N) is 1. The molecule has 6 heteroatoms. The Morgan fingerprint density at radius 2 is 1.83 bits per heavy atom. The van der Waals surface area contributed by atoms with Gasteiger partial charge in [-0.3, -0.25) is 14.7 Å². The van der Waals surface area contributed by atoms with Crippen molar-refractivity contribution in [2.24, 2.45) is 5.41 Å². The molecular weight excluding hydrogens is 379 g/mol. The highest BCUT2D eigenvalue weighted by Gasteiger charge is 2.60. The van der Waals surface area contributed by atoms with E-state index in [1.165, 1.54) is 12.1 Å². The lowest BCUT2D eigenvalue weighted by atomic mass is 9.98. The first-order valence-corrected chi connectivity index (χ1v) is 10.3. The van der Waals surface area contributed by atoms with Crippen LogP contribution in [0.25, 0.3) is 0 Å². The second-order valence-corrected chi connectivity index (χ2v) is 8.40. The first kappa shape index (κ1) is 17.6. The molecule has 1 amide bonds. The van der Waals surface area contributed by atoms with E-state index in [0.717, 1.165) is 41.8 Å². The standard InChI is InChI=1S/C24H21FN4O/c25-18-6-8-19(9-7-18)29-21-15-26-22(12-17(21)14-27-29)28-20(16-4-2-1-3-5-16)13-24(10-11-24)23(28)30/h1-9,12,15,20,27H,10-11,13-14H2. The molecule has 1 N–H and O–H groups in total. The zero-order valence-electron chi connectivity index (χ0n) is 16.4. The molecule has 5 nitrogen and oxygen atoms in total. The van der Waals surface area contributed by atoms with Crippen LogP contribution in [0.3, 0.4) is 0 Å². The molecule has 0 radical (unpaired) electrons. The Morgan fingerprint density at radius 1 is 1.07 bits per heavy atom. The highest BCUT2D eigenvalue weighted by Crippen LogP contribution is 2.60. The molecule has 2 aliphatic heterocycles. The highest BCUT2D eigenvalue weighted by molar-refractivity contribution is 6.02. The average Bonchev–Trinajstić information content (AvgIpc) is 3.35. The van der Waals surface area contributed by atoms with Gasteiger partial charge in [0.1, 0.15) is 11.6 Å². The molecule has 1 spiro atoms. The van der Waals surface area contributed by atoms with E-state index < -0.39 is 0 Å². The largest absolute Gasteiger partial charge is 0.289 e. The summed E-state index contributed by atoms with van der Waals surface area (Å²) in [7, 11) is 0. The van der Waals surface area contributed by atoms with Crippen LogP contribution in [0.4, 0.5) is 21.6 Å². The molecule has 2 fully saturated rings. The Morgan fingerprint density at radius 3 is 2.57 bits per heavy atom. The third kappa shape index (κ3) is 2.64. The van der Waals surface area contributed by atoms with Crippen molar-refractivity contribution in [3.8, 4) is 0 Å². The zero-order valence-corrected chi connectivity index (χ0v) is 16.4. The van der Waals surface area contributed by atoms with E-state index in [1.807, 2.05) is 34.2 Å². The zero-order chi connectivity index (χ0) is 20.3. The van der Waals surface area contributed by atoms with E-state index in [9.17, 15) is 9.18 Å². The Hall–Kier alpha value is -3.25. The van der Waals surface area contributed by atoms with Crippen LogP contribution in [0, 0.1) is 11.2 Å². The monoisotopic (exact) mass is 400 g/mol. The fraction of sp³-hybridized carbons (Fsp3) is 0.250. The molecule has 1 atom stereocenters. The number of rotatable bonds is 3. The first-order chi connectivity index (χ1) is 14.6. The summed E-state index contributed by atoms with van der Waals surface area (Å²) in [6, 6.07) is 18.6. The molecule has 150 valence electrons. The number of nitrogens with zero attached hydrogens (tertiary/aromatic N) is 3. The van der Waals surface area contributed by atoms with Crippen molar-refractivity contribution in [3.05, 3.63) is 83.8 Å².